The quantitative estimate of drug-likeness (QED) is 0.878. The molecular weight excluding hydrogens is 320 g/mol. The van der Waals surface area contributed by atoms with Crippen molar-refractivity contribution in [3.05, 3.63) is 29.3 Å². The van der Waals surface area contributed by atoms with Gasteiger partial charge in [0.25, 0.3) is 0 Å². The van der Waals surface area contributed by atoms with Gasteiger partial charge in [0.05, 0.1) is 16.6 Å². The second-order valence-electron chi connectivity index (χ2n) is 6.09. The number of halogens is 1. The number of carbonyl (C=O) groups excluding carboxylic acids is 2. The number of hydrogen-bond donors (Lipinski definition) is 2. The SMILES string of the molecule is O=C(NC1(C(=O)O)CCC1)C1CC(=O)N(c2ccccc2Cl)C1. The molecule has 1 unspecified atom stereocenters. The van der Waals surface area contributed by atoms with E-state index in [1.807, 2.05) is 0 Å². The summed E-state index contributed by atoms with van der Waals surface area (Å²) in [5, 5.41) is 12.4. The van der Waals surface area contributed by atoms with Gasteiger partial charge in [-0.25, -0.2) is 4.79 Å². The molecule has 0 radical (unpaired) electrons. The highest BCUT2D eigenvalue weighted by Crippen LogP contribution is 2.34. The summed E-state index contributed by atoms with van der Waals surface area (Å²) in [5.74, 6) is -2.13. The van der Waals surface area contributed by atoms with Crippen LogP contribution in [-0.4, -0.2) is 35.0 Å². The number of carboxylic acid groups (broad SMARTS) is 1. The van der Waals surface area contributed by atoms with Crippen LogP contribution in [0.4, 0.5) is 5.69 Å². The van der Waals surface area contributed by atoms with Crippen LogP contribution in [0.5, 0.6) is 0 Å². The number of benzene rings is 1. The van der Waals surface area contributed by atoms with Crippen LogP contribution >= 0.6 is 11.6 Å². The molecular formula is C16H17ClN2O4. The van der Waals surface area contributed by atoms with Crippen molar-refractivity contribution in [1.82, 2.24) is 5.32 Å². The van der Waals surface area contributed by atoms with E-state index >= 15 is 0 Å². The third-order valence-electron chi connectivity index (χ3n) is 4.62. The van der Waals surface area contributed by atoms with Crippen LogP contribution in [0.1, 0.15) is 25.7 Å². The van der Waals surface area contributed by atoms with Gasteiger partial charge in [-0.3, -0.25) is 9.59 Å². The van der Waals surface area contributed by atoms with E-state index in [0.29, 0.717) is 23.6 Å². The van der Waals surface area contributed by atoms with Gasteiger partial charge in [0.1, 0.15) is 5.54 Å². The minimum atomic E-state index is -1.15. The van der Waals surface area contributed by atoms with Crippen molar-refractivity contribution in [1.29, 1.82) is 0 Å². The van der Waals surface area contributed by atoms with Gasteiger partial charge in [-0.05, 0) is 31.4 Å². The molecule has 2 fully saturated rings. The van der Waals surface area contributed by atoms with Crippen LogP contribution in [-0.2, 0) is 14.4 Å². The Morgan fingerprint density at radius 3 is 2.57 bits per heavy atom. The molecule has 7 heteroatoms. The number of rotatable bonds is 4. The summed E-state index contributed by atoms with van der Waals surface area (Å²) in [5.41, 5.74) is -0.580. The summed E-state index contributed by atoms with van der Waals surface area (Å²) < 4.78 is 0. The van der Waals surface area contributed by atoms with E-state index in [-0.39, 0.29) is 24.8 Å². The van der Waals surface area contributed by atoms with E-state index in [9.17, 15) is 19.5 Å². The Bertz CT molecular complexity index is 672. The molecule has 23 heavy (non-hydrogen) atoms. The molecule has 2 amide bonds. The second kappa shape index (κ2) is 5.85. The zero-order chi connectivity index (χ0) is 16.6. The fraction of sp³-hybridized carbons (Fsp3) is 0.438. The molecule has 2 N–H and O–H groups in total. The van der Waals surface area contributed by atoms with Gasteiger partial charge >= 0.3 is 5.97 Å². The third kappa shape index (κ3) is 2.79. The van der Waals surface area contributed by atoms with Crippen molar-refractivity contribution in [2.75, 3.05) is 11.4 Å². The lowest BCUT2D eigenvalue weighted by molar-refractivity contribution is -0.152. The number of aliphatic carboxylic acids is 1. The second-order valence-corrected chi connectivity index (χ2v) is 6.49. The molecule has 0 aromatic heterocycles. The molecule has 1 aromatic carbocycles. The number of nitrogens with zero attached hydrogens (tertiary/aromatic N) is 1. The Hall–Kier alpha value is -2.08. The molecule has 0 spiro atoms. The van der Waals surface area contributed by atoms with E-state index in [0.717, 1.165) is 6.42 Å². The molecule has 1 heterocycles. The Labute approximate surface area is 138 Å². The summed E-state index contributed by atoms with van der Waals surface area (Å²) in [7, 11) is 0. The van der Waals surface area contributed by atoms with Gasteiger partial charge < -0.3 is 15.3 Å². The van der Waals surface area contributed by atoms with Gasteiger partial charge in [-0.1, -0.05) is 23.7 Å². The first-order chi connectivity index (χ1) is 10.9. The smallest absolute Gasteiger partial charge is 0.329 e. The van der Waals surface area contributed by atoms with Crippen LogP contribution in [0.2, 0.25) is 5.02 Å². The average molecular weight is 337 g/mol. The Kier molecular flexibility index (Phi) is 4.02. The van der Waals surface area contributed by atoms with E-state index in [4.69, 9.17) is 11.6 Å². The summed E-state index contributed by atoms with van der Waals surface area (Å²) in [4.78, 5) is 37.4. The van der Waals surface area contributed by atoms with Gasteiger partial charge in [-0.15, -0.1) is 0 Å². The number of amides is 2. The molecule has 1 atom stereocenters. The summed E-state index contributed by atoms with van der Waals surface area (Å²) >= 11 is 6.10. The van der Waals surface area contributed by atoms with Crippen molar-refractivity contribution >= 4 is 35.1 Å². The van der Waals surface area contributed by atoms with E-state index in [2.05, 4.69) is 5.32 Å². The first-order valence-corrected chi connectivity index (χ1v) is 7.91. The number of para-hydroxylation sites is 1. The van der Waals surface area contributed by atoms with Crippen LogP contribution < -0.4 is 10.2 Å². The van der Waals surface area contributed by atoms with Crippen molar-refractivity contribution in [2.45, 2.75) is 31.2 Å². The Morgan fingerprint density at radius 1 is 1.30 bits per heavy atom. The summed E-state index contributed by atoms with van der Waals surface area (Å²) in [6, 6.07) is 6.95. The number of hydrogen-bond acceptors (Lipinski definition) is 3. The van der Waals surface area contributed by atoms with Crippen LogP contribution in [0.15, 0.2) is 24.3 Å². The van der Waals surface area contributed by atoms with Gasteiger partial charge in [0.2, 0.25) is 11.8 Å². The van der Waals surface area contributed by atoms with E-state index in [1.54, 1.807) is 24.3 Å². The number of carboxylic acids is 1. The maximum atomic E-state index is 12.4. The molecule has 1 aromatic rings. The van der Waals surface area contributed by atoms with Crippen LogP contribution in [0.25, 0.3) is 0 Å². The molecule has 1 saturated heterocycles. The molecule has 1 aliphatic heterocycles. The summed E-state index contributed by atoms with van der Waals surface area (Å²) in [6.45, 7) is 0.212. The third-order valence-corrected chi connectivity index (χ3v) is 4.94. The topological polar surface area (TPSA) is 86.7 Å². The van der Waals surface area contributed by atoms with Crippen LogP contribution in [0, 0.1) is 5.92 Å². The largest absolute Gasteiger partial charge is 0.480 e. The van der Waals surface area contributed by atoms with Crippen molar-refractivity contribution < 1.29 is 19.5 Å². The standard InChI is InChI=1S/C16H17ClN2O4/c17-11-4-1-2-5-12(11)19-9-10(8-13(19)20)14(21)18-16(15(22)23)6-3-7-16/h1-2,4-5,10H,3,6-9H2,(H,18,21)(H,22,23). The monoisotopic (exact) mass is 336 g/mol. The number of nitrogens with one attached hydrogen (secondary N) is 1. The highest BCUT2D eigenvalue weighted by atomic mass is 35.5. The summed E-state index contributed by atoms with van der Waals surface area (Å²) in [6.07, 6.45) is 1.71. The Morgan fingerprint density at radius 2 is 2.00 bits per heavy atom. The number of anilines is 1. The molecule has 1 saturated carbocycles. The van der Waals surface area contributed by atoms with Gasteiger partial charge in [0, 0.05) is 13.0 Å². The lowest BCUT2D eigenvalue weighted by Crippen LogP contribution is -2.60. The zero-order valence-corrected chi connectivity index (χ0v) is 13.2. The predicted molar refractivity (Wildman–Crippen MR) is 84.3 cm³/mol. The lowest BCUT2D eigenvalue weighted by atomic mass is 9.76. The molecule has 6 nitrogen and oxygen atoms in total. The molecule has 2 aliphatic rings. The Balaban J connectivity index is 1.71. The van der Waals surface area contributed by atoms with Crippen molar-refractivity contribution in [2.24, 2.45) is 5.92 Å². The molecule has 0 bridgehead atoms. The fourth-order valence-corrected chi connectivity index (χ4v) is 3.28. The van der Waals surface area contributed by atoms with E-state index in [1.165, 1.54) is 4.90 Å². The van der Waals surface area contributed by atoms with Crippen molar-refractivity contribution in [3.63, 3.8) is 0 Å². The molecule has 122 valence electrons. The van der Waals surface area contributed by atoms with Gasteiger partial charge in [-0.2, -0.15) is 0 Å². The first kappa shape index (κ1) is 15.8. The lowest BCUT2D eigenvalue weighted by Gasteiger charge is -2.38. The van der Waals surface area contributed by atoms with E-state index < -0.39 is 17.4 Å². The number of carbonyl (C=O) groups is 3. The van der Waals surface area contributed by atoms with Crippen LogP contribution in [0.3, 0.4) is 0 Å². The minimum absolute atomic E-state index is 0.0623. The molecule has 3 rings (SSSR count). The fourth-order valence-electron chi connectivity index (χ4n) is 3.05. The van der Waals surface area contributed by atoms with Gasteiger partial charge in [0.15, 0.2) is 0 Å². The minimum Gasteiger partial charge on any atom is -0.480 e. The average Bonchev–Trinajstić information content (AvgIpc) is 2.85. The maximum Gasteiger partial charge on any atom is 0.329 e. The highest BCUT2D eigenvalue weighted by Gasteiger charge is 2.47. The van der Waals surface area contributed by atoms with Crippen molar-refractivity contribution in [3.8, 4) is 0 Å². The first-order valence-electron chi connectivity index (χ1n) is 7.53. The molecule has 1 aliphatic carbocycles. The normalized spacial score (nSPS) is 22.6. The predicted octanol–water partition coefficient (Wildman–Crippen LogP) is 1.82. The zero-order valence-electron chi connectivity index (χ0n) is 12.4. The highest BCUT2D eigenvalue weighted by molar-refractivity contribution is 6.33. The maximum absolute atomic E-state index is 12.4.